The smallest absolute Gasteiger partial charge is 0.203 e. The van der Waals surface area contributed by atoms with E-state index in [1.54, 1.807) is 36.4 Å². The van der Waals surface area contributed by atoms with E-state index in [1.165, 1.54) is 6.07 Å². The maximum Gasteiger partial charge on any atom is 0.203 e. The second-order valence-electron chi connectivity index (χ2n) is 10.3. The third-order valence-corrected chi connectivity index (χ3v) is 9.28. The molecule has 38 heavy (non-hydrogen) atoms. The predicted molar refractivity (Wildman–Crippen MR) is 152 cm³/mol. The van der Waals surface area contributed by atoms with Gasteiger partial charge in [-0.05, 0) is 66.1 Å². The third-order valence-electron chi connectivity index (χ3n) is 7.40. The minimum absolute atomic E-state index is 0.119. The molecule has 1 fully saturated rings. The molecule has 0 radical (unpaired) electrons. The number of nitrogens with zero attached hydrogens (tertiary/aromatic N) is 1. The Morgan fingerprint density at radius 2 is 1.58 bits per heavy atom. The van der Waals surface area contributed by atoms with Crippen LogP contribution in [0.2, 0.25) is 0 Å². The minimum atomic E-state index is -3.51. The highest BCUT2D eigenvalue weighted by Crippen LogP contribution is 2.41. The normalized spacial score (nSPS) is 17.7. The molecule has 1 spiro atoms. The van der Waals surface area contributed by atoms with E-state index in [-0.39, 0.29) is 22.7 Å². The number of piperidine rings is 1. The molecule has 3 aromatic carbocycles. The number of halogens is 4. The average Bonchev–Trinajstić information content (AvgIpc) is 2.86. The summed E-state index contributed by atoms with van der Waals surface area (Å²) in [5.41, 5.74) is 3.32. The summed E-state index contributed by atoms with van der Waals surface area (Å²) in [5.74, 6) is -0.118. The van der Waals surface area contributed by atoms with Crippen molar-refractivity contribution in [2.45, 2.75) is 46.6 Å². The predicted octanol–water partition coefficient (Wildman–Crippen LogP) is 7.14. The Hall–Kier alpha value is -1.83. The fourth-order valence-corrected chi connectivity index (χ4v) is 7.40. The number of fused-ring (bicyclic) bond motifs is 1. The minimum Gasteiger partial charge on any atom is -0.487 e. The molecule has 2 heterocycles. The largest absolute Gasteiger partial charge is 0.487 e. The summed E-state index contributed by atoms with van der Waals surface area (Å²) >= 11 is 17.9. The van der Waals surface area contributed by atoms with Gasteiger partial charge in [0, 0.05) is 25.2 Å². The van der Waals surface area contributed by atoms with Gasteiger partial charge < -0.3 is 4.74 Å². The number of sulfone groups is 1. The first kappa shape index (κ1) is 27.7. The van der Waals surface area contributed by atoms with E-state index in [0.29, 0.717) is 17.7 Å². The van der Waals surface area contributed by atoms with Crippen LogP contribution < -0.4 is 4.74 Å². The van der Waals surface area contributed by atoms with E-state index in [4.69, 9.17) is 39.5 Å². The summed E-state index contributed by atoms with van der Waals surface area (Å²) in [6.07, 6.45) is 3.51. The van der Waals surface area contributed by atoms with Gasteiger partial charge in [-0.3, -0.25) is 4.90 Å². The number of ether oxygens (including phenoxy) is 1. The fourth-order valence-electron chi connectivity index (χ4n) is 5.39. The molecule has 0 aliphatic carbocycles. The second kappa shape index (κ2) is 11.0. The monoisotopic (exact) mass is 595 g/mol. The van der Waals surface area contributed by atoms with Crippen LogP contribution in [0.25, 0.3) is 11.1 Å². The maximum absolute atomic E-state index is 15.0. The molecule has 0 aromatic heterocycles. The highest BCUT2D eigenvalue weighted by atomic mass is 35.6. The summed E-state index contributed by atoms with van der Waals surface area (Å²) in [6, 6.07) is 19.6. The Morgan fingerprint density at radius 3 is 2.26 bits per heavy atom. The first-order valence-corrected chi connectivity index (χ1v) is 15.6. The number of benzene rings is 3. The van der Waals surface area contributed by atoms with Crippen LogP contribution in [-0.4, -0.2) is 42.3 Å². The van der Waals surface area contributed by atoms with Gasteiger partial charge in [0.1, 0.15) is 17.2 Å². The zero-order chi connectivity index (χ0) is 27.0. The van der Waals surface area contributed by atoms with E-state index < -0.39 is 19.4 Å². The molecule has 0 N–H and O–H groups in total. The standard InChI is InChI=1S/C29H29Cl3FNO3S/c30-29(31,32)20-34-14-12-28(13-15-34)11-10-24-16-22(8-9-27(24)37-28)23-6-7-25(26(33)17-23)19-38(35,36)18-21-4-2-1-3-5-21/h1-9,16-17H,10-15,18-20H2. The van der Waals surface area contributed by atoms with Crippen LogP contribution in [-0.2, 0) is 27.8 Å². The Bertz CT molecular complexity index is 1400. The fraction of sp³-hybridized carbons (Fsp3) is 0.379. The zero-order valence-corrected chi connectivity index (χ0v) is 23.9. The lowest BCUT2D eigenvalue weighted by molar-refractivity contribution is -0.0139. The van der Waals surface area contributed by atoms with Crippen LogP contribution >= 0.6 is 34.8 Å². The molecule has 0 saturated carbocycles. The Kier molecular flexibility index (Phi) is 8.01. The van der Waals surface area contributed by atoms with Crippen molar-refractivity contribution in [2.75, 3.05) is 19.6 Å². The molecular formula is C29H29Cl3FNO3S. The summed E-state index contributed by atoms with van der Waals surface area (Å²) in [4.78, 5) is 2.16. The number of rotatable bonds is 6. The maximum atomic E-state index is 15.0. The van der Waals surface area contributed by atoms with Gasteiger partial charge in [0.05, 0.1) is 11.5 Å². The van der Waals surface area contributed by atoms with Crippen molar-refractivity contribution >= 4 is 44.6 Å². The van der Waals surface area contributed by atoms with Crippen LogP contribution in [0.1, 0.15) is 36.0 Å². The summed E-state index contributed by atoms with van der Waals surface area (Å²) < 4.78 is 45.5. The highest BCUT2D eigenvalue weighted by molar-refractivity contribution is 7.89. The van der Waals surface area contributed by atoms with Crippen molar-refractivity contribution in [3.63, 3.8) is 0 Å². The van der Waals surface area contributed by atoms with Gasteiger partial charge in [0.15, 0.2) is 9.84 Å². The quantitative estimate of drug-likeness (QED) is 0.284. The zero-order valence-electron chi connectivity index (χ0n) is 20.8. The van der Waals surface area contributed by atoms with Crippen LogP contribution in [0.15, 0.2) is 66.7 Å². The van der Waals surface area contributed by atoms with E-state index >= 15 is 0 Å². The first-order valence-electron chi connectivity index (χ1n) is 12.6. The van der Waals surface area contributed by atoms with Crippen LogP contribution in [0.3, 0.4) is 0 Å². The van der Waals surface area contributed by atoms with E-state index in [9.17, 15) is 12.8 Å². The van der Waals surface area contributed by atoms with Crippen molar-refractivity contribution in [1.82, 2.24) is 4.90 Å². The van der Waals surface area contributed by atoms with Crippen LogP contribution in [0.4, 0.5) is 4.39 Å². The molecule has 0 amide bonds. The van der Waals surface area contributed by atoms with Crippen molar-refractivity contribution in [3.05, 3.63) is 89.2 Å². The van der Waals surface area contributed by atoms with Gasteiger partial charge in [-0.2, -0.15) is 0 Å². The highest BCUT2D eigenvalue weighted by Gasteiger charge is 2.40. The van der Waals surface area contributed by atoms with E-state index in [2.05, 4.69) is 4.90 Å². The molecule has 2 aliphatic heterocycles. The Labute approximate surface area is 238 Å². The SMILES string of the molecule is O=S(=O)(Cc1ccccc1)Cc1ccc(-c2ccc3c(c2)CCC2(CCN(CC(Cl)(Cl)Cl)CC2)O3)cc1F. The number of hydrogen-bond acceptors (Lipinski definition) is 4. The third kappa shape index (κ3) is 6.83. The topological polar surface area (TPSA) is 46.6 Å². The number of hydrogen-bond donors (Lipinski definition) is 0. The molecule has 0 bridgehead atoms. The van der Waals surface area contributed by atoms with E-state index in [0.717, 1.165) is 55.6 Å². The lowest BCUT2D eigenvalue weighted by Gasteiger charge is -2.45. The van der Waals surface area contributed by atoms with E-state index in [1.807, 2.05) is 24.3 Å². The van der Waals surface area contributed by atoms with Gasteiger partial charge >= 0.3 is 0 Å². The summed E-state index contributed by atoms with van der Waals surface area (Å²) in [5, 5.41) is 0. The Morgan fingerprint density at radius 1 is 0.895 bits per heavy atom. The number of aryl methyl sites for hydroxylation is 1. The molecule has 9 heteroatoms. The van der Waals surface area contributed by atoms with Gasteiger partial charge in [-0.25, -0.2) is 12.8 Å². The van der Waals surface area contributed by atoms with Gasteiger partial charge in [0.2, 0.25) is 3.79 Å². The molecule has 1 saturated heterocycles. The second-order valence-corrected chi connectivity index (χ2v) is 14.9. The van der Waals surface area contributed by atoms with Crippen molar-refractivity contribution < 1.29 is 17.5 Å². The molecular weight excluding hydrogens is 568 g/mol. The molecule has 5 rings (SSSR count). The van der Waals surface area contributed by atoms with Crippen molar-refractivity contribution in [2.24, 2.45) is 0 Å². The van der Waals surface area contributed by atoms with Crippen LogP contribution in [0.5, 0.6) is 5.75 Å². The molecule has 0 atom stereocenters. The Balaban J connectivity index is 1.25. The number of likely N-dealkylation sites (tertiary alicyclic amines) is 1. The molecule has 3 aromatic rings. The molecule has 202 valence electrons. The van der Waals surface area contributed by atoms with Gasteiger partial charge in [0.25, 0.3) is 0 Å². The van der Waals surface area contributed by atoms with Crippen LogP contribution in [0, 0.1) is 5.82 Å². The lowest BCUT2D eigenvalue weighted by Crippen LogP contribution is -2.51. The number of alkyl halides is 3. The summed E-state index contributed by atoms with van der Waals surface area (Å²) in [7, 11) is -3.51. The van der Waals surface area contributed by atoms with Crippen molar-refractivity contribution in [1.29, 1.82) is 0 Å². The molecule has 2 aliphatic rings. The lowest BCUT2D eigenvalue weighted by atomic mass is 9.82. The molecule has 0 unspecified atom stereocenters. The van der Waals surface area contributed by atoms with Gasteiger partial charge in [-0.1, -0.05) is 83.3 Å². The average molecular weight is 597 g/mol. The first-order chi connectivity index (χ1) is 18.0. The molecule has 4 nitrogen and oxygen atoms in total. The summed E-state index contributed by atoms with van der Waals surface area (Å²) in [6.45, 7) is 2.03. The van der Waals surface area contributed by atoms with Gasteiger partial charge in [-0.15, -0.1) is 0 Å². The van der Waals surface area contributed by atoms with Crippen molar-refractivity contribution in [3.8, 4) is 16.9 Å².